The quantitative estimate of drug-likeness (QED) is 0.212. The van der Waals surface area contributed by atoms with Gasteiger partial charge in [0.1, 0.15) is 0 Å². The van der Waals surface area contributed by atoms with Crippen LogP contribution in [0.1, 0.15) is 40.1 Å². The zero-order valence-electron chi connectivity index (χ0n) is 16.7. The van der Waals surface area contributed by atoms with Crippen LogP contribution in [-0.4, -0.2) is 46.6 Å². The lowest BCUT2D eigenvalue weighted by Gasteiger charge is -2.30. The second-order valence-electron chi connectivity index (χ2n) is 6.52. The van der Waals surface area contributed by atoms with Gasteiger partial charge >= 0.3 is 7.60 Å². The summed E-state index contributed by atoms with van der Waals surface area (Å²) in [6.45, 7) is 3.29. The van der Waals surface area contributed by atoms with Crippen molar-refractivity contribution in [1.29, 1.82) is 0 Å². The third-order valence-electron chi connectivity index (χ3n) is 4.69. The van der Waals surface area contributed by atoms with Gasteiger partial charge in [-0.05, 0) is 38.0 Å². The molecule has 0 radical (unpaired) electrons. The standard InChI is InChI=1S/C21H23N2O6P/c1-3-28-30(27,29-4-2)19(22-26)18(14-15-10-6-5-7-11-15)23-20(24)16-12-8-9-13-17(16)21(23)25/h5-13,18,26H,3-4,14H2,1-2H3/b22-19-. The first-order valence-corrected chi connectivity index (χ1v) is 11.1. The number of rotatable bonds is 9. The number of carbonyl (C=O) groups is 2. The Labute approximate surface area is 174 Å². The first-order valence-electron chi connectivity index (χ1n) is 9.59. The van der Waals surface area contributed by atoms with E-state index in [0.29, 0.717) is 0 Å². The van der Waals surface area contributed by atoms with E-state index >= 15 is 0 Å². The van der Waals surface area contributed by atoms with Crippen LogP contribution in [-0.2, 0) is 20.0 Å². The third kappa shape index (κ3) is 4.07. The summed E-state index contributed by atoms with van der Waals surface area (Å²) in [5.74, 6) is -1.12. The molecule has 0 saturated carbocycles. The largest absolute Gasteiger partial charge is 0.410 e. The van der Waals surface area contributed by atoms with Gasteiger partial charge in [0, 0.05) is 0 Å². The van der Waals surface area contributed by atoms with Gasteiger partial charge in [-0.15, -0.1) is 0 Å². The van der Waals surface area contributed by atoms with Crippen LogP contribution in [0.3, 0.4) is 0 Å². The van der Waals surface area contributed by atoms with Crippen LogP contribution in [0.25, 0.3) is 0 Å². The molecule has 2 aromatic rings. The predicted molar refractivity (Wildman–Crippen MR) is 111 cm³/mol. The summed E-state index contributed by atoms with van der Waals surface area (Å²) in [6, 6.07) is 14.3. The normalized spacial score (nSPS) is 15.4. The zero-order valence-corrected chi connectivity index (χ0v) is 17.6. The lowest BCUT2D eigenvalue weighted by atomic mass is 10.1. The molecular weight excluding hydrogens is 407 g/mol. The highest BCUT2D eigenvalue weighted by atomic mass is 31.2. The predicted octanol–water partition coefficient (Wildman–Crippen LogP) is 3.95. The number of amides is 2. The Hall–Kier alpha value is -2.80. The summed E-state index contributed by atoms with van der Waals surface area (Å²) in [5, 5.41) is 13.0. The minimum absolute atomic E-state index is 0.0243. The monoisotopic (exact) mass is 430 g/mol. The summed E-state index contributed by atoms with van der Waals surface area (Å²) >= 11 is 0. The second-order valence-corrected chi connectivity index (χ2v) is 8.49. The average Bonchev–Trinajstić information content (AvgIpc) is 2.99. The number of hydrogen-bond donors (Lipinski definition) is 1. The van der Waals surface area contributed by atoms with Crippen molar-refractivity contribution in [2.24, 2.45) is 5.16 Å². The van der Waals surface area contributed by atoms with Crippen LogP contribution in [0.4, 0.5) is 0 Å². The second kappa shape index (κ2) is 9.34. The van der Waals surface area contributed by atoms with E-state index in [-0.39, 0.29) is 36.2 Å². The lowest BCUT2D eigenvalue weighted by Crippen LogP contribution is -2.46. The number of oxime groups is 1. The molecule has 1 unspecified atom stereocenters. The van der Waals surface area contributed by atoms with Crippen molar-refractivity contribution in [3.63, 3.8) is 0 Å². The smallest absolute Gasteiger partial charge is 0.380 e. The van der Waals surface area contributed by atoms with Crippen molar-refractivity contribution in [1.82, 2.24) is 4.90 Å². The maximum absolute atomic E-state index is 13.4. The summed E-state index contributed by atoms with van der Waals surface area (Å²) in [7, 11) is -4.07. The van der Waals surface area contributed by atoms with Gasteiger partial charge in [-0.2, -0.15) is 0 Å². The van der Waals surface area contributed by atoms with Gasteiger partial charge in [0.2, 0.25) is 0 Å². The van der Waals surface area contributed by atoms with E-state index < -0.39 is 25.5 Å². The van der Waals surface area contributed by atoms with Gasteiger partial charge in [-0.25, -0.2) is 0 Å². The van der Waals surface area contributed by atoms with Crippen molar-refractivity contribution in [3.8, 4) is 0 Å². The molecule has 0 fully saturated rings. The molecule has 0 spiro atoms. The summed E-state index contributed by atoms with van der Waals surface area (Å²) in [5.41, 5.74) is 0.838. The molecule has 30 heavy (non-hydrogen) atoms. The zero-order chi connectivity index (χ0) is 21.7. The van der Waals surface area contributed by atoms with Crippen LogP contribution in [0, 0.1) is 0 Å². The van der Waals surface area contributed by atoms with E-state index in [1.54, 1.807) is 62.4 Å². The Morgan fingerprint density at radius 3 is 1.93 bits per heavy atom. The molecule has 1 aliphatic heterocycles. The van der Waals surface area contributed by atoms with Crippen molar-refractivity contribution in [3.05, 3.63) is 71.3 Å². The van der Waals surface area contributed by atoms with Crippen LogP contribution in [0.15, 0.2) is 59.8 Å². The molecular formula is C21H23N2O6P. The molecule has 9 heteroatoms. The molecule has 0 aliphatic carbocycles. The Morgan fingerprint density at radius 2 is 1.47 bits per heavy atom. The molecule has 0 aromatic heterocycles. The highest BCUT2D eigenvalue weighted by molar-refractivity contribution is 7.72. The summed E-state index contributed by atoms with van der Waals surface area (Å²) in [6.07, 6.45) is 0.0792. The lowest BCUT2D eigenvalue weighted by molar-refractivity contribution is 0.0625. The fourth-order valence-corrected chi connectivity index (χ4v) is 5.14. The summed E-state index contributed by atoms with van der Waals surface area (Å²) < 4.78 is 24.1. The van der Waals surface area contributed by atoms with E-state index in [2.05, 4.69) is 5.16 Å². The number of hydrogen-bond acceptors (Lipinski definition) is 7. The van der Waals surface area contributed by atoms with E-state index in [0.717, 1.165) is 10.5 Å². The van der Waals surface area contributed by atoms with Gasteiger partial charge < -0.3 is 14.3 Å². The van der Waals surface area contributed by atoms with Crippen molar-refractivity contribution < 1.29 is 28.4 Å². The van der Waals surface area contributed by atoms with Gasteiger partial charge in [-0.1, -0.05) is 47.6 Å². The van der Waals surface area contributed by atoms with Crippen LogP contribution >= 0.6 is 7.60 Å². The van der Waals surface area contributed by atoms with Gasteiger partial charge in [0.15, 0.2) is 5.45 Å². The molecule has 0 bridgehead atoms. The minimum Gasteiger partial charge on any atom is -0.410 e. The maximum Gasteiger partial charge on any atom is 0.380 e. The van der Waals surface area contributed by atoms with Gasteiger partial charge in [-0.3, -0.25) is 19.1 Å². The third-order valence-corrected chi connectivity index (χ3v) is 6.83. The van der Waals surface area contributed by atoms with Gasteiger partial charge in [0.05, 0.1) is 30.4 Å². The fourth-order valence-electron chi connectivity index (χ4n) is 3.44. The molecule has 1 atom stereocenters. The first-order chi connectivity index (χ1) is 14.5. The van der Waals surface area contributed by atoms with Crippen molar-refractivity contribution in [2.75, 3.05) is 13.2 Å². The number of nitrogens with zero attached hydrogens (tertiary/aromatic N) is 2. The average molecular weight is 430 g/mol. The number of carbonyl (C=O) groups excluding carboxylic acids is 2. The van der Waals surface area contributed by atoms with E-state index in [9.17, 15) is 19.4 Å². The molecule has 3 rings (SSSR count). The van der Waals surface area contributed by atoms with E-state index in [1.165, 1.54) is 0 Å². The van der Waals surface area contributed by atoms with Crippen LogP contribution < -0.4 is 0 Å². The minimum atomic E-state index is -4.07. The Balaban J connectivity index is 2.11. The van der Waals surface area contributed by atoms with Crippen molar-refractivity contribution >= 4 is 24.9 Å². The van der Waals surface area contributed by atoms with Crippen LogP contribution in [0.5, 0.6) is 0 Å². The molecule has 2 amide bonds. The van der Waals surface area contributed by atoms with E-state index in [4.69, 9.17) is 9.05 Å². The molecule has 1 aliphatic rings. The maximum atomic E-state index is 13.4. The topological polar surface area (TPSA) is 106 Å². The fraction of sp³-hybridized carbons (Fsp3) is 0.286. The number of fused-ring (bicyclic) bond motifs is 1. The molecule has 158 valence electrons. The molecule has 2 aromatic carbocycles. The Kier molecular flexibility index (Phi) is 6.82. The molecule has 1 N–H and O–H groups in total. The van der Waals surface area contributed by atoms with E-state index in [1.807, 2.05) is 6.07 Å². The SMILES string of the molecule is CCOP(=O)(OCC)/C(=N\O)C(Cc1ccccc1)N1C(=O)c2ccccc2C1=O. The number of benzene rings is 2. The molecule has 1 heterocycles. The number of imide groups is 1. The Bertz CT molecular complexity index is 963. The summed E-state index contributed by atoms with van der Waals surface area (Å²) in [4.78, 5) is 27.2. The van der Waals surface area contributed by atoms with Gasteiger partial charge in [0.25, 0.3) is 11.8 Å². The molecule has 0 saturated heterocycles. The first kappa shape index (κ1) is 21.9. The van der Waals surface area contributed by atoms with Crippen molar-refractivity contribution in [2.45, 2.75) is 26.3 Å². The molecule has 8 nitrogen and oxygen atoms in total. The highest BCUT2D eigenvalue weighted by Gasteiger charge is 2.48. The van der Waals surface area contributed by atoms with Crippen LogP contribution in [0.2, 0.25) is 0 Å². The highest BCUT2D eigenvalue weighted by Crippen LogP contribution is 2.52. The Morgan fingerprint density at radius 1 is 0.967 bits per heavy atom.